The number of halogens is 2. The first-order chi connectivity index (χ1) is 9.02. The van der Waals surface area contributed by atoms with Gasteiger partial charge in [-0.1, -0.05) is 6.92 Å². The van der Waals surface area contributed by atoms with Crippen molar-refractivity contribution in [3.05, 3.63) is 41.5 Å². The molecule has 1 aromatic carbocycles. The fourth-order valence-electron chi connectivity index (χ4n) is 1.66. The highest BCUT2D eigenvalue weighted by molar-refractivity contribution is 5.83. The largest absolute Gasteiger partial charge is 0.475 e. The maximum absolute atomic E-state index is 13.7. The Morgan fingerprint density at radius 3 is 2.79 bits per heavy atom. The Morgan fingerprint density at radius 1 is 1.42 bits per heavy atom. The molecule has 0 aliphatic heterocycles. The van der Waals surface area contributed by atoms with Gasteiger partial charge in [0.2, 0.25) is 0 Å². The highest BCUT2D eigenvalue weighted by atomic mass is 19.1. The summed E-state index contributed by atoms with van der Waals surface area (Å²) in [5, 5.41) is 12.6. The second kappa shape index (κ2) is 5.13. The number of carboxylic acids is 1. The molecule has 1 heterocycles. The van der Waals surface area contributed by atoms with Crippen LogP contribution in [0.5, 0.6) is 0 Å². The first kappa shape index (κ1) is 13.1. The van der Waals surface area contributed by atoms with Gasteiger partial charge in [-0.15, -0.1) is 5.10 Å². The lowest BCUT2D eigenvalue weighted by molar-refractivity contribution is 0.0683. The smallest absolute Gasteiger partial charge is 0.375 e. The minimum atomic E-state index is -1.31. The van der Waals surface area contributed by atoms with E-state index < -0.39 is 23.4 Å². The third kappa shape index (κ3) is 2.59. The van der Waals surface area contributed by atoms with Crippen LogP contribution < -0.4 is 0 Å². The van der Waals surface area contributed by atoms with Crippen LogP contribution in [0.25, 0.3) is 5.69 Å². The molecule has 0 bridgehead atoms. The molecular formula is C12H11F2N3O2. The van der Waals surface area contributed by atoms with Gasteiger partial charge in [-0.05, 0) is 18.6 Å². The van der Waals surface area contributed by atoms with Crippen LogP contribution in [0.4, 0.5) is 8.78 Å². The monoisotopic (exact) mass is 267 g/mol. The van der Waals surface area contributed by atoms with Crippen LogP contribution in [-0.2, 0) is 6.42 Å². The summed E-state index contributed by atoms with van der Waals surface area (Å²) in [7, 11) is 0. The number of carboxylic acid groups (broad SMARTS) is 1. The maximum Gasteiger partial charge on any atom is 0.375 e. The predicted octanol–water partition coefficient (Wildman–Crippen LogP) is 2.20. The molecule has 0 fully saturated rings. The summed E-state index contributed by atoms with van der Waals surface area (Å²) < 4.78 is 27.9. The minimum Gasteiger partial charge on any atom is -0.475 e. The molecule has 2 rings (SSSR count). The van der Waals surface area contributed by atoms with E-state index in [0.29, 0.717) is 12.8 Å². The molecule has 0 atom stereocenters. The summed E-state index contributed by atoms with van der Waals surface area (Å²) in [6.45, 7) is 1.86. The van der Waals surface area contributed by atoms with Crippen molar-refractivity contribution in [1.82, 2.24) is 14.8 Å². The van der Waals surface area contributed by atoms with Crippen LogP contribution >= 0.6 is 0 Å². The van der Waals surface area contributed by atoms with Crippen molar-refractivity contribution in [3.8, 4) is 5.69 Å². The van der Waals surface area contributed by atoms with Gasteiger partial charge in [-0.2, -0.15) is 0 Å². The van der Waals surface area contributed by atoms with Gasteiger partial charge in [0, 0.05) is 12.5 Å². The van der Waals surface area contributed by atoms with Crippen molar-refractivity contribution in [2.45, 2.75) is 19.8 Å². The Hall–Kier alpha value is -2.31. The number of benzene rings is 1. The molecule has 100 valence electrons. The van der Waals surface area contributed by atoms with Crippen LogP contribution in [-0.4, -0.2) is 25.8 Å². The number of aromatic carboxylic acids is 1. The molecule has 0 spiro atoms. The van der Waals surface area contributed by atoms with E-state index in [9.17, 15) is 13.6 Å². The van der Waals surface area contributed by atoms with E-state index in [1.54, 1.807) is 0 Å². The second-order valence-electron chi connectivity index (χ2n) is 3.91. The van der Waals surface area contributed by atoms with Gasteiger partial charge >= 0.3 is 5.97 Å². The predicted molar refractivity (Wildman–Crippen MR) is 62.2 cm³/mol. The Morgan fingerprint density at radius 2 is 2.16 bits per heavy atom. The molecule has 0 aliphatic rings. The molecule has 1 N–H and O–H groups in total. The number of hydrogen-bond donors (Lipinski definition) is 1. The zero-order chi connectivity index (χ0) is 14.0. The van der Waals surface area contributed by atoms with Crippen LogP contribution in [0.2, 0.25) is 0 Å². The minimum absolute atomic E-state index is 0.150. The van der Waals surface area contributed by atoms with E-state index >= 15 is 0 Å². The fraction of sp³-hybridized carbons (Fsp3) is 0.250. The first-order valence-electron chi connectivity index (χ1n) is 5.67. The quantitative estimate of drug-likeness (QED) is 0.922. The van der Waals surface area contributed by atoms with E-state index in [1.165, 1.54) is 0 Å². The van der Waals surface area contributed by atoms with Gasteiger partial charge in [0.25, 0.3) is 5.82 Å². The molecule has 0 saturated heterocycles. The third-order valence-corrected chi connectivity index (χ3v) is 2.48. The van der Waals surface area contributed by atoms with Crippen LogP contribution in [0, 0.1) is 11.6 Å². The van der Waals surface area contributed by atoms with Gasteiger partial charge in [-0.25, -0.2) is 23.2 Å². The number of rotatable bonds is 4. The second-order valence-corrected chi connectivity index (χ2v) is 3.91. The summed E-state index contributed by atoms with van der Waals surface area (Å²) in [6, 6.07) is 2.89. The molecule has 5 nitrogen and oxygen atoms in total. The summed E-state index contributed by atoms with van der Waals surface area (Å²) in [5.41, 5.74) is -0.150. The first-order valence-corrected chi connectivity index (χ1v) is 5.67. The van der Waals surface area contributed by atoms with Crippen LogP contribution in [0.1, 0.15) is 29.8 Å². The van der Waals surface area contributed by atoms with Crippen molar-refractivity contribution in [1.29, 1.82) is 0 Å². The molecule has 19 heavy (non-hydrogen) atoms. The summed E-state index contributed by atoms with van der Waals surface area (Å²) >= 11 is 0. The van der Waals surface area contributed by atoms with Crippen molar-refractivity contribution >= 4 is 5.97 Å². The van der Waals surface area contributed by atoms with Crippen LogP contribution in [0.15, 0.2) is 18.2 Å². The molecule has 0 aliphatic carbocycles. The van der Waals surface area contributed by atoms with Crippen molar-refractivity contribution in [3.63, 3.8) is 0 Å². The van der Waals surface area contributed by atoms with Crippen molar-refractivity contribution in [2.75, 3.05) is 0 Å². The van der Waals surface area contributed by atoms with Gasteiger partial charge < -0.3 is 5.11 Å². The van der Waals surface area contributed by atoms with Gasteiger partial charge in [0.15, 0.2) is 0 Å². The Bertz CT molecular complexity index is 625. The molecule has 0 unspecified atom stereocenters. The lowest BCUT2D eigenvalue weighted by atomic mass is 10.2. The topological polar surface area (TPSA) is 68.0 Å². The molecule has 0 radical (unpaired) electrons. The molecule has 0 saturated carbocycles. The summed E-state index contributed by atoms with van der Waals surface area (Å²) in [5.74, 6) is -2.80. The molecule has 7 heteroatoms. The number of nitrogens with zero attached hydrogens (tertiary/aromatic N) is 3. The van der Waals surface area contributed by atoms with E-state index in [4.69, 9.17) is 5.11 Å². The zero-order valence-corrected chi connectivity index (χ0v) is 10.1. The van der Waals surface area contributed by atoms with Gasteiger partial charge in [0.1, 0.15) is 23.1 Å². The Labute approximate surface area is 107 Å². The summed E-state index contributed by atoms with van der Waals surface area (Å²) in [4.78, 5) is 14.7. The lowest BCUT2D eigenvalue weighted by Gasteiger charge is -2.06. The molecular weight excluding hydrogens is 256 g/mol. The average Bonchev–Trinajstić information content (AvgIpc) is 2.77. The SMILES string of the molecule is CCCc1nc(C(=O)O)nn1-c1cc(F)ccc1F. The average molecular weight is 267 g/mol. The zero-order valence-electron chi connectivity index (χ0n) is 10.1. The van der Waals surface area contributed by atoms with E-state index in [0.717, 1.165) is 22.9 Å². The standard InChI is InChI=1S/C12H11F2N3O2/c1-2-3-10-15-11(12(18)19)16-17(10)9-6-7(13)4-5-8(9)14/h4-6H,2-3H2,1H3,(H,18,19). The number of aromatic nitrogens is 3. The summed E-state index contributed by atoms with van der Waals surface area (Å²) in [6.07, 6.45) is 1.09. The third-order valence-electron chi connectivity index (χ3n) is 2.48. The van der Waals surface area contributed by atoms with E-state index in [2.05, 4.69) is 10.1 Å². The van der Waals surface area contributed by atoms with Crippen LogP contribution in [0.3, 0.4) is 0 Å². The Balaban J connectivity index is 2.59. The maximum atomic E-state index is 13.7. The van der Waals surface area contributed by atoms with E-state index in [-0.39, 0.29) is 11.5 Å². The number of hydrogen-bond acceptors (Lipinski definition) is 3. The van der Waals surface area contributed by atoms with E-state index in [1.807, 2.05) is 6.92 Å². The van der Waals surface area contributed by atoms with Crippen molar-refractivity contribution < 1.29 is 18.7 Å². The van der Waals surface area contributed by atoms with Gasteiger partial charge in [0.05, 0.1) is 0 Å². The Kier molecular flexibility index (Phi) is 3.55. The molecule has 0 amide bonds. The molecule has 1 aromatic heterocycles. The lowest BCUT2D eigenvalue weighted by Crippen LogP contribution is -2.06. The normalized spacial score (nSPS) is 10.7. The highest BCUT2D eigenvalue weighted by Gasteiger charge is 2.18. The number of carbonyl (C=O) groups is 1. The van der Waals surface area contributed by atoms with Gasteiger partial charge in [-0.3, -0.25) is 0 Å². The highest BCUT2D eigenvalue weighted by Crippen LogP contribution is 2.17. The van der Waals surface area contributed by atoms with Crippen molar-refractivity contribution in [2.24, 2.45) is 0 Å². The molecule has 2 aromatic rings. The number of aryl methyl sites for hydroxylation is 1. The fourth-order valence-corrected chi connectivity index (χ4v) is 1.66.